The van der Waals surface area contributed by atoms with Crippen molar-refractivity contribution in [3.63, 3.8) is 0 Å². The van der Waals surface area contributed by atoms with Crippen LogP contribution in [0.1, 0.15) is 32.9 Å². The largest absolute Gasteiger partial charge is 0.335 e. The second kappa shape index (κ2) is 7.36. The fraction of sp³-hybridized carbons (Fsp3) is 0.421. The normalized spacial score (nSPS) is 15.8. The molecule has 144 valence electrons. The Morgan fingerprint density at radius 3 is 2.04 bits per heavy atom. The molecular formula is C19H24N4O3S. The van der Waals surface area contributed by atoms with Crippen LogP contribution < -0.4 is 0 Å². The van der Waals surface area contributed by atoms with Crippen LogP contribution in [0, 0.1) is 27.7 Å². The van der Waals surface area contributed by atoms with Gasteiger partial charge in [0.15, 0.2) is 0 Å². The smallest absolute Gasteiger partial charge is 0.274 e. The van der Waals surface area contributed by atoms with Gasteiger partial charge in [-0.1, -0.05) is 17.7 Å². The number of aromatic nitrogens is 2. The highest BCUT2D eigenvalue weighted by Crippen LogP contribution is 2.26. The predicted molar refractivity (Wildman–Crippen MR) is 102 cm³/mol. The summed E-state index contributed by atoms with van der Waals surface area (Å²) in [6, 6.07) is 3.77. The highest BCUT2D eigenvalue weighted by atomic mass is 32.2. The lowest BCUT2D eigenvalue weighted by atomic mass is 10.1. The van der Waals surface area contributed by atoms with Crippen molar-refractivity contribution in [3.8, 4) is 0 Å². The molecule has 0 bridgehead atoms. The average molecular weight is 388 g/mol. The number of hydrogen-bond donors (Lipinski definition) is 0. The molecule has 7 nitrogen and oxygen atoms in total. The molecule has 0 unspecified atom stereocenters. The van der Waals surface area contributed by atoms with Crippen molar-refractivity contribution in [2.24, 2.45) is 0 Å². The van der Waals surface area contributed by atoms with E-state index in [1.807, 2.05) is 32.9 Å². The van der Waals surface area contributed by atoms with Gasteiger partial charge in [-0.05, 0) is 38.8 Å². The molecule has 0 saturated carbocycles. The molecule has 1 aliphatic rings. The summed E-state index contributed by atoms with van der Waals surface area (Å²) in [7, 11) is -3.59. The third-order valence-electron chi connectivity index (χ3n) is 4.73. The highest BCUT2D eigenvalue weighted by molar-refractivity contribution is 7.89. The average Bonchev–Trinajstić information content (AvgIpc) is 2.61. The Morgan fingerprint density at radius 2 is 1.52 bits per heavy atom. The minimum Gasteiger partial charge on any atom is -0.335 e. The van der Waals surface area contributed by atoms with E-state index in [1.54, 1.807) is 18.0 Å². The van der Waals surface area contributed by atoms with Crippen LogP contribution >= 0.6 is 0 Å². The number of carbonyl (C=O) groups is 1. The van der Waals surface area contributed by atoms with Gasteiger partial charge in [-0.15, -0.1) is 0 Å². The van der Waals surface area contributed by atoms with Gasteiger partial charge in [0.05, 0.1) is 16.8 Å². The number of sulfonamides is 1. The van der Waals surface area contributed by atoms with E-state index in [4.69, 9.17) is 0 Å². The van der Waals surface area contributed by atoms with Gasteiger partial charge in [0.1, 0.15) is 5.69 Å². The van der Waals surface area contributed by atoms with E-state index in [0.29, 0.717) is 18.0 Å². The maximum Gasteiger partial charge on any atom is 0.274 e. The first-order chi connectivity index (χ1) is 12.7. The van der Waals surface area contributed by atoms with Gasteiger partial charge in [-0.2, -0.15) is 4.31 Å². The molecule has 1 aromatic carbocycles. The van der Waals surface area contributed by atoms with Crippen LogP contribution in [0.25, 0.3) is 0 Å². The van der Waals surface area contributed by atoms with Crippen LogP contribution in [0.15, 0.2) is 29.4 Å². The van der Waals surface area contributed by atoms with E-state index in [0.717, 1.165) is 22.4 Å². The molecule has 0 radical (unpaired) electrons. The minimum absolute atomic E-state index is 0.220. The molecule has 8 heteroatoms. The van der Waals surface area contributed by atoms with Crippen molar-refractivity contribution in [1.82, 2.24) is 19.2 Å². The van der Waals surface area contributed by atoms with Gasteiger partial charge >= 0.3 is 0 Å². The molecular weight excluding hydrogens is 364 g/mol. The zero-order valence-electron chi connectivity index (χ0n) is 16.1. The summed E-state index contributed by atoms with van der Waals surface area (Å²) in [6.07, 6.45) is 3.01. The van der Waals surface area contributed by atoms with Gasteiger partial charge in [0.25, 0.3) is 5.91 Å². The Morgan fingerprint density at radius 1 is 0.926 bits per heavy atom. The van der Waals surface area contributed by atoms with Crippen LogP contribution in [-0.2, 0) is 10.0 Å². The zero-order valence-corrected chi connectivity index (χ0v) is 16.9. The Hall–Kier alpha value is -2.32. The molecule has 1 aromatic heterocycles. The molecule has 1 amide bonds. The SMILES string of the molecule is Cc1cc(C)c(S(=O)(=O)N2CCN(C(=O)c3cnc(C)cn3)CC2)c(C)c1. The Bertz CT molecular complexity index is 940. The van der Waals surface area contributed by atoms with Crippen molar-refractivity contribution in [3.05, 3.63) is 52.6 Å². The summed E-state index contributed by atoms with van der Waals surface area (Å²) in [5.41, 5.74) is 3.56. The molecule has 0 aliphatic carbocycles. The summed E-state index contributed by atoms with van der Waals surface area (Å²) >= 11 is 0. The first kappa shape index (κ1) is 19.4. The number of carbonyl (C=O) groups excluding carboxylic acids is 1. The van der Waals surface area contributed by atoms with Gasteiger partial charge in [0.2, 0.25) is 10.0 Å². The van der Waals surface area contributed by atoms with Crippen molar-refractivity contribution < 1.29 is 13.2 Å². The standard InChI is InChI=1S/C19H24N4O3S/c1-13-9-14(2)18(15(3)10-13)27(25,26)23-7-5-22(6-8-23)19(24)17-12-20-16(4)11-21-17/h9-12H,5-8H2,1-4H3. The predicted octanol–water partition coefficient (Wildman–Crippen LogP) is 1.86. The van der Waals surface area contributed by atoms with Crippen molar-refractivity contribution >= 4 is 15.9 Å². The molecule has 2 heterocycles. The summed E-state index contributed by atoms with van der Waals surface area (Å²) < 4.78 is 27.7. The Labute approximate surface area is 160 Å². The summed E-state index contributed by atoms with van der Waals surface area (Å²) in [5, 5.41) is 0. The van der Waals surface area contributed by atoms with Crippen LogP contribution in [0.2, 0.25) is 0 Å². The van der Waals surface area contributed by atoms with Crippen molar-refractivity contribution in [2.45, 2.75) is 32.6 Å². The Kier molecular flexibility index (Phi) is 5.30. The van der Waals surface area contributed by atoms with Gasteiger partial charge in [-0.25, -0.2) is 13.4 Å². The first-order valence-corrected chi connectivity index (χ1v) is 10.3. The number of nitrogens with zero attached hydrogens (tertiary/aromatic N) is 4. The quantitative estimate of drug-likeness (QED) is 0.801. The number of aryl methyl sites for hydroxylation is 4. The van der Waals surface area contributed by atoms with E-state index in [1.165, 1.54) is 10.5 Å². The van der Waals surface area contributed by atoms with Crippen molar-refractivity contribution in [2.75, 3.05) is 26.2 Å². The number of piperazine rings is 1. The first-order valence-electron chi connectivity index (χ1n) is 8.86. The lowest BCUT2D eigenvalue weighted by Gasteiger charge is -2.34. The van der Waals surface area contributed by atoms with E-state index in [-0.39, 0.29) is 24.7 Å². The molecule has 0 atom stereocenters. The number of amides is 1. The van der Waals surface area contributed by atoms with Crippen LogP contribution in [0.3, 0.4) is 0 Å². The minimum atomic E-state index is -3.59. The summed E-state index contributed by atoms with van der Waals surface area (Å²) in [5.74, 6) is -0.220. The molecule has 1 saturated heterocycles. The molecule has 27 heavy (non-hydrogen) atoms. The van der Waals surface area contributed by atoms with Crippen LogP contribution in [0.4, 0.5) is 0 Å². The second-order valence-electron chi connectivity index (χ2n) is 6.97. The van der Waals surface area contributed by atoms with E-state index >= 15 is 0 Å². The van der Waals surface area contributed by atoms with E-state index in [2.05, 4.69) is 9.97 Å². The third kappa shape index (κ3) is 3.86. The number of rotatable bonds is 3. The summed E-state index contributed by atoms with van der Waals surface area (Å²) in [6.45, 7) is 8.59. The third-order valence-corrected chi connectivity index (χ3v) is 6.93. The second-order valence-corrected chi connectivity index (χ2v) is 8.84. The molecule has 2 aromatic rings. The zero-order chi connectivity index (χ0) is 19.8. The monoisotopic (exact) mass is 388 g/mol. The lowest BCUT2D eigenvalue weighted by molar-refractivity contribution is 0.0691. The fourth-order valence-electron chi connectivity index (χ4n) is 3.50. The maximum absolute atomic E-state index is 13.1. The molecule has 3 rings (SSSR count). The molecule has 1 aliphatic heterocycles. The maximum atomic E-state index is 13.1. The molecule has 1 fully saturated rings. The topological polar surface area (TPSA) is 83.5 Å². The number of hydrogen-bond acceptors (Lipinski definition) is 5. The van der Waals surface area contributed by atoms with Gasteiger partial charge in [-0.3, -0.25) is 9.78 Å². The van der Waals surface area contributed by atoms with E-state index in [9.17, 15) is 13.2 Å². The van der Waals surface area contributed by atoms with Crippen LogP contribution in [-0.4, -0.2) is 59.7 Å². The Balaban J connectivity index is 1.75. The molecule has 0 spiro atoms. The van der Waals surface area contributed by atoms with E-state index < -0.39 is 10.0 Å². The highest BCUT2D eigenvalue weighted by Gasteiger charge is 2.32. The van der Waals surface area contributed by atoms with Gasteiger partial charge in [0, 0.05) is 32.4 Å². The fourth-order valence-corrected chi connectivity index (χ4v) is 5.33. The van der Waals surface area contributed by atoms with Gasteiger partial charge < -0.3 is 4.90 Å². The number of benzene rings is 1. The summed E-state index contributed by atoms with van der Waals surface area (Å²) in [4.78, 5) is 22.7. The lowest BCUT2D eigenvalue weighted by Crippen LogP contribution is -2.50. The van der Waals surface area contributed by atoms with Crippen LogP contribution in [0.5, 0.6) is 0 Å². The molecule has 0 N–H and O–H groups in total. The van der Waals surface area contributed by atoms with Crippen molar-refractivity contribution in [1.29, 1.82) is 0 Å².